The number of alkyl halides is 2. The second-order valence-electron chi connectivity index (χ2n) is 4.06. The normalized spacial score (nSPS) is 16.3. The maximum absolute atomic E-state index is 12.2. The van der Waals surface area contributed by atoms with Gasteiger partial charge in [-0.25, -0.2) is 8.78 Å². The second-order valence-corrected chi connectivity index (χ2v) is 4.06. The van der Waals surface area contributed by atoms with Crippen LogP contribution in [0, 0.1) is 5.92 Å². The number of likely N-dealkylation sites (tertiary alicyclic amines) is 1. The van der Waals surface area contributed by atoms with Gasteiger partial charge in [-0.3, -0.25) is 4.79 Å². The molecule has 0 saturated carbocycles. The van der Waals surface area contributed by atoms with E-state index in [2.05, 4.69) is 0 Å². The van der Waals surface area contributed by atoms with Crippen LogP contribution in [0.25, 0.3) is 0 Å². The van der Waals surface area contributed by atoms with E-state index < -0.39 is 12.3 Å². The van der Waals surface area contributed by atoms with Crippen LogP contribution in [0.2, 0.25) is 0 Å². The van der Waals surface area contributed by atoms with Gasteiger partial charge in [0.1, 0.15) is 0 Å². The van der Waals surface area contributed by atoms with Crippen LogP contribution < -0.4 is 0 Å². The molecule has 0 unspecified atom stereocenters. The van der Waals surface area contributed by atoms with E-state index in [4.69, 9.17) is 0 Å². The lowest BCUT2D eigenvalue weighted by Crippen LogP contribution is -2.53. The molecule has 1 aromatic rings. The first-order chi connectivity index (χ1) is 7.66. The van der Waals surface area contributed by atoms with E-state index in [0.29, 0.717) is 6.42 Å². The molecule has 2 nitrogen and oxygen atoms in total. The Kier molecular flexibility index (Phi) is 3.17. The van der Waals surface area contributed by atoms with E-state index in [1.165, 1.54) is 4.90 Å². The van der Waals surface area contributed by atoms with Crippen molar-refractivity contribution in [1.29, 1.82) is 0 Å². The monoisotopic (exact) mass is 225 g/mol. The number of hydrogen-bond donors (Lipinski definition) is 0. The van der Waals surface area contributed by atoms with Crippen molar-refractivity contribution in [2.24, 2.45) is 5.92 Å². The third-order valence-electron chi connectivity index (χ3n) is 2.82. The third kappa shape index (κ3) is 2.38. The summed E-state index contributed by atoms with van der Waals surface area (Å²) in [5, 5.41) is 0. The van der Waals surface area contributed by atoms with E-state index in [1.807, 2.05) is 30.3 Å². The molecule has 1 saturated heterocycles. The van der Waals surface area contributed by atoms with Crippen molar-refractivity contribution in [3.8, 4) is 0 Å². The first-order valence-electron chi connectivity index (χ1n) is 5.26. The van der Waals surface area contributed by atoms with Crippen molar-refractivity contribution in [1.82, 2.24) is 4.90 Å². The molecule has 86 valence electrons. The van der Waals surface area contributed by atoms with Crippen molar-refractivity contribution >= 4 is 5.91 Å². The number of hydrogen-bond acceptors (Lipinski definition) is 1. The minimum absolute atomic E-state index is 0.0666. The standard InChI is InChI=1S/C12H13F2NO/c13-12(14)10-7-15(8-10)11(16)6-9-4-2-1-3-5-9/h1-5,10,12H,6-8H2. The molecule has 1 aromatic carbocycles. The van der Waals surface area contributed by atoms with Crippen LogP contribution in [0.5, 0.6) is 0 Å². The summed E-state index contributed by atoms with van der Waals surface area (Å²) in [5.74, 6) is -0.692. The lowest BCUT2D eigenvalue weighted by molar-refractivity contribution is -0.140. The zero-order chi connectivity index (χ0) is 11.5. The Morgan fingerprint density at radius 1 is 1.31 bits per heavy atom. The zero-order valence-electron chi connectivity index (χ0n) is 8.77. The van der Waals surface area contributed by atoms with Gasteiger partial charge in [0.25, 0.3) is 0 Å². The number of halogens is 2. The predicted molar refractivity (Wildman–Crippen MR) is 56.2 cm³/mol. The van der Waals surface area contributed by atoms with Gasteiger partial charge in [-0.2, -0.15) is 0 Å². The Hall–Kier alpha value is -1.45. The molecule has 1 fully saturated rings. The molecule has 0 bridgehead atoms. The van der Waals surface area contributed by atoms with Crippen LogP contribution in [0.4, 0.5) is 8.78 Å². The molecular formula is C12H13F2NO. The van der Waals surface area contributed by atoms with Gasteiger partial charge < -0.3 is 4.90 Å². The van der Waals surface area contributed by atoms with Gasteiger partial charge in [0.2, 0.25) is 12.3 Å². The molecule has 0 spiro atoms. The fourth-order valence-electron chi connectivity index (χ4n) is 1.76. The third-order valence-corrected chi connectivity index (χ3v) is 2.82. The summed E-state index contributed by atoms with van der Waals surface area (Å²) in [6, 6.07) is 9.33. The Labute approximate surface area is 92.9 Å². The summed E-state index contributed by atoms with van der Waals surface area (Å²) in [7, 11) is 0. The maximum atomic E-state index is 12.2. The molecule has 0 radical (unpaired) electrons. The molecule has 0 atom stereocenters. The van der Waals surface area contributed by atoms with Crippen LogP contribution in [0.1, 0.15) is 5.56 Å². The zero-order valence-corrected chi connectivity index (χ0v) is 8.77. The molecule has 1 aliphatic heterocycles. The van der Waals surface area contributed by atoms with Crippen LogP contribution in [0.15, 0.2) is 30.3 Å². The number of nitrogens with zero attached hydrogens (tertiary/aromatic N) is 1. The summed E-state index contributed by atoms with van der Waals surface area (Å²) < 4.78 is 24.4. The smallest absolute Gasteiger partial charge is 0.244 e. The minimum Gasteiger partial charge on any atom is -0.341 e. The highest BCUT2D eigenvalue weighted by atomic mass is 19.3. The van der Waals surface area contributed by atoms with Gasteiger partial charge in [-0.05, 0) is 5.56 Å². The topological polar surface area (TPSA) is 20.3 Å². The van der Waals surface area contributed by atoms with E-state index >= 15 is 0 Å². The Morgan fingerprint density at radius 3 is 2.50 bits per heavy atom. The summed E-state index contributed by atoms with van der Waals surface area (Å²) in [5.41, 5.74) is 0.924. The summed E-state index contributed by atoms with van der Waals surface area (Å²) in [6.45, 7) is 0.396. The molecule has 0 aromatic heterocycles. The van der Waals surface area contributed by atoms with Crippen molar-refractivity contribution in [3.63, 3.8) is 0 Å². The molecule has 1 aliphatic rings. The van der Waals surface area contributed by atoms with Gasteiger partial charge in [0.15, 0.2) is 0 Å². The van der Waals surface area contributed by atoms with Gasteiger partial charge in [0.05, 0.1) is 12.3 Å². The van der Waals surface area contributed by atoms with Gasteiger partial charge >= 0.3 is 0 Å². The van der Waals surface area contributed by atoms with Crippen molar-refractivity contribution in [2.75, 3.05) is 13.1 Å². The largest absolute Gasteiger partial charge is 0.341 e. The molecule has 0 aliphatic carbocycles. The Balaban J connectivity index is 1.83. The highest BCUT2D eigenvalue weighted by Gasteiger charge is 2.36. The van der Waals surface area contributed by atoms with E-state index in [9.17, 15) is 13.6 Å². The minimum atomic E-state index is -2.30. The number of benzene rings is 1. The number of amides is 1. The molecule has 1 amide bonds. The predicted octanol–water partition coefficient (Wildman–Crippen LogP) is 1.95. The van der Waals surface area contributed by atoms with Crippen LogP contribution in [-0.4, -0.2) is 30.3 Å². The van der Waals surface area contributed by atoms with Gasteiger partial charge in [0, 0.05) is 13.1 Å². The highest BCUT2D eigenvalue weighted by Crippen LogP contribution is 2.22. The quantitative estimate of drug-likeness (QED) is 0.770. The fourth-order valence-corrected chi connectivity index (χ4v) is 1.76. The summed E-state index contributed by atoms with van der Waals surface area (Å²) in [4.78, 5) is 13.1. The van der Waals surface area contributed by atoms with Crippen molar-refractivity contribution < 1.29 is 13.6 Å². The van der Waals surface area contributed by atoms with E-state index in [1.54, 1.807) is 0 Å². The second kappa shape index (κ2) is 4.60. The SMILES string of the molecule is O=C(Cc1ccccc1)N1CC(C(F)F)C1. The van der Waals surface area contributed by atoms with Crippen molar-refractivity contribution in [2.45, 2.75) is 12.8 Å². The fraction of sp³-hybridized carbons (Fsp3) is 0.417. The lowest BCUT2D eigenvalue weighted by Gasteiger charge is -2.38. The van der Waals surface area contributed by atoms with E-state index in [0.717, 1.165) is 5.56 Å². The molecule has 1 heterocycles. The maximum Gasteiger partial charge on any atom is 0.244 e. The molecule has 0 N–H and O–H groups in total. The first-order valence-corrected chi connectivity index (χ1v) is 5.26. The molecule has 16 heavy (non-hydrogen) atoms. The molecule has 2 rings (SSSR count). The van der Waals surface area contributed by atoms with E-state index in [-0.39, 0.29) is 19.0 Å². The van der Waals surface area contributed by atoms with Crippen LogP contribution in [-0.2, 0) is 11.2 Å². The van der Waals surface area contributed by atoms with Gasteiger partial charge in [-0.15, -0.1) is 0 Å². The Bertz CT molecular complexity index is 361. The van der Waals surface area contributed by atoms with Crippen molar-refractivity contribution in [3.05, 3.63) is 35.9 Å². The van der Waals surface area contributed by atoms with Crippen LogP contribution in [0.3, 0.4) is 0 Å². The average molecular weight is 225 g/mol. The van der Waals surface area contributed by atoms with Crippen LogP contribution >= 0.6 is 0 Å². The van der Waals surface area contributed by atoms with Gasteiger partial charge in [-0.1, -0.05) is 30.3 Å². The average Bonchev–Trinajstić information content (AvgIpc) is 2.15. The summed E-state index contributed by atoms with van der Waals surface area (Å²) >= 11 is 0. The number of carbonyl (C=O) groups excluding carboxylic acids is 1. The first kappa shape index (κ1) is 11.0. The summed E-state index contributed by atoms with van der Waals surface area (Å²) in [6.07, 6.45) is -2.00. The lowest BCUT2D eigenvalue weighted by atomic mass is 9.99. The highest BCUT2D eigenvalue weighted by molar-refractivity contribution is 5.79. The number of carbonyl (C=O) groups is 1. The Morgan fingerprint density at radius 2 is 1.94 bits per heavy atom. The molecule has 4 heteroatoms. The molecular weight excluding hydrogens is 212 g/mol. The number of rotatable bonds is 3.